The quantitative estimate of drug-likeness (QED) is 0.802. The average Bonchev–Trinajstić information content (AvgIpc) is 2.82. The number of amides is 1. The highest BCUT2D eigenvalue weighted by molar-refractivity contribution is 9.10. The van der Waals surface area contributed by atoms with Crippen molar-refractivity contribution in [3.05, 3.63) is 44.9 Å². The fourth-order valence-corrected chi connectivity index (χ4v) is 2.93. The van der Waals surface area contributed by atoms with E-state index in [2.05, 4.69) is 26.2 Å². The van der Waals surface area contributed by atoms with Gasteiger partial charge in [-0.3, -0.25) is 4.79 Å². The first-order valence-corrected chi connectivity index (χ1v) is 8.29. The van der Waals surface area contributed by atoms with Crippen molar-refractivity contribution in [2.45, 2.75) is 20.3 Å². The van der Waals surface area contributed by atoms with Crippen LogP contribution in [0.2, 0.25) is 0 Å². The number of hydrogen-bond donors (Lipinski definition) is 1. The number of benzene rings is 1. The molecule has 0 aliphatic heterocycles. The van der Waals surface area contributed by atoms with Gasteiger partial charge in [0.25, 0.3) is 0 Å². The summed E-state index contributed by atoms with van der Waals surface area (Å²) in [6, 6.07) is 7.52. The Balaban J connectivity index is 2.01. The van der Waals surface area contributed by atoms with E-state index >= 15 is 0 Å². The summed E-state index contributed by atoms with van der Waals surface area (Å²) in [5.74, 6) is -0.586. The first-order chi connectivity index (χ1) is 10.5. The molecule has 2 aromatic rings. The molecule has 0 radical (unpaired) electrons. The molecule has 0 aliphatic carbocycles. The van der Waals surface area contributed by atoms with Crippen LogP contribution in [0, 0.1) is 6.92 Å². The number of carbonyl (C=O) groups excluding carboxylic acids is 2. The molecule has 0 aliphatic rings. The van der Waals surface area contributed by atoms with Gasteiger partial charge in [-0.05, 0) is 31.5 Å². The van der Waals surface area contributed by atoms with Crippen molar-refractivity contribution >= 4 is 44.3 Å². The van der Waals surface area contributed by atoms with Crippen LogP contribution in [0.1, 0.15) is 27.9 Å². The van der Waals surface area contributed by atoms with Gasteiger partial charge < -0.3 is 10.1 Å². The van der Waals surface area contributed by atoms with Gasteiger partial charge in [0.15, 0.2) is 5.13 Å². The summed E-state index contributed by atoms with van der Waals surface area (Å²) in [7, 11) is 0. The summed E-state index contributed by atoms with van der Waals surface area (Å²) in [4.78, 5) is 28.3. The van der Waals surface area contributed by atoms with E-state index < -0.39 is 5.97 Å². The molecule has 1 aromatic carbocycles. The van der Waals surface area contributed by atoms with Crippen LogP contribution in [-0.2, 0) is 16.0 Å². The Morgan fingerprint density at radius 1 is 1.32 bits per heavy atom. The van der Waals surface area contributed by atoms with Crippen molar-refractivity contribution < 1.29 is 14.3 Å². The number of esters is 1. The number of ether oxygens (including phenoxy) is 1. The molecule has 7 heteroatoms. The fourth-order valence-electron chi connectivity index (χ4n) is 1.79. The van der Waals surface area contributed by atoms with Crippen LogP contribution < -0.4 is 5.32 Å². The lowest BCUT2D eigenvalue weighted by Gasteiger charge is -2.02. The van der Waals surface area contributed by atoms with Crippen molar-refractivity contribution in [1.82, 2.24) is 4.98 Å². The molecule has 5 nitrogen and oxygen atoms in total. The summed E-state index contributed by atoms with van der Waals surface area (Å²) in [6.07, 6.45) is 0.251. The van der Waals surface area contributed by atoms with Crippen molar-refractivity contribution in [3.63, 3.8) is 0 Å². The highest BCUT2D eigenvalue weighted by atomic mass is 79.9. The number of carbonyl (C=O) groups is 2. The van der Waals surface area contributed by atoms with Gasteiger partial charge in [-0.1, -0.05) is 39.4 Å². The molecule has 1 aromatic heterocycles. The van der Waals surface area contributed by atoms with E-state index in [1.54, 1.807) is 13.8 Å². The number of aromatic nitrogens is 1. The second-order valence-electron chi connectivity index (χ2n) is 4.51. The molecular formula is C15H15BrN2O3S. The molecule has 0 spiro atoms. The lowest BCUT2D eigenvalue weighted by molar-refractivity contribution is -0.115. The number of nitrogens with one attached hydrogen (secondary N) is 1. The van der Waals surface area contributed by atoms with Crippen LogP contribution >= 0.6 is 27.3 Å². The van der Waals surface area contributed by atoms with Crippen LogP contribution in [0.25, 0.3) is 0 Å². The van der Waals surface area contributed by atoms with Crippen molar-refractivity contribution in [2.24, 2.45) is 0 Å². The van der Waals surface area contributed by atoms with E-state index in [1.807, 2.05) is 24.3 Å². The molecule has 116 valence electrons. The standard InChI is InChI=1S/C15H15BrN2O3S/c1-3-21-14(20)13-9(2)17-15(22-13)18-12(19)8-10-4-6-11(16)7-5-10/h4-7H,3,8H2,1-2H3,(H,17,18,19). The van der Waals surface area contributed by atoms with E-state index in [0.29, 0.717) is 22.3 Å². The Bertz CT molecular complexity index is 683. The minimum absolute atomic E-state index is 0.175. The zero-order valence-corrected chi connectivity index (χ0v) is 14.6. The fraction of sp³-hybridized carbons (Fsp3) is 0.267. The number of anilines is 1. The highest BCUT2D eigenvalue weighted by Gasteiger charge is 2.17. The maximum atomic E-state index is 12.0. The first-order valence-electron chi connectivity index (χ1n) is 6.68. The zero-order valence-electron chi connectivity index (χ0n) is 12.2. The molecule has 2 rings (SSSR count). The smallest absolute Gasteiger partial charge is 0.350 e. The summed E-state index contributed by atoms with van der Waals surface area (Å²) >= 11 is 4.47. The Kier molecular flexibility index (Phi) is 5.68. The van der Waals surface area contributed by atoms with Crippen LogP contribution in [0.4, 0.5) is 5.13 Å². The normalized spacial score (nSPS) is 10.3. The third kappa shape index (κ3) is 4.38. The van der Waals surface area contributed by atoms with E-state index in [-0.39, 0.29) is 12.3 Å². The van der Waals surface area contributed by atoms with Gasteiger partial charge >= 0.3 is 5.97 Å². The number of halogens is 1. The van der Waals surface area contributed by atoms with Gasteiger partial charge in [-0.25, -0.2) is 9.78 Å². The van der Waals surface area contributed by atoms with Crippen molar-refractivity contribution in [1.29, 1.82) is 0 Å². The molecule has 0 fully saturated rings. The molecule has 0 saturated heterocycles. The van der Waals surface area contributed by atoms with E-state index in [1.165, 1.54) is 0 Å². The van der Waals surface area contributed by atoms with Crippen LogP contribution in [0.5, 0.6) is 0 Å². The summed E-state index contributed by atoms with van der Waals surface area (Å²) < 4.78 is 5.91. The van der Waals surface area contributed by atoms with Crippen molar-refractivity contribution in [3.8, 4) is 0 Å². The first kappa shape index (κ1) is 16.6. The molecule has 1 amide bonds. The number of nitrogens with zero attached hydrogens (tertiary/aromatic N) is 1. The Morgan fingerprint density at radius 3 is 2.64 bits per heavy atom. The van der Waals surface area contributed by atoms with Crippen molar-refractivity contribution in [2.75, 3.05) is 11.9 Å². The van der Waals surface area contributed by atoms with E-state index in [4.69, 9.17) is 4.74 Å². The molecule has 22 heavy (non-hydrogen) atoms. The van der Waals surface area contributed by atoms with E-state index in [0.717, 1.165) is 21.4 Å². The monoisotopic (exact) mass is 382 g/mol. The third-order valence-electron chi connectivity index (χ3n) is 2.78. The number of aryl methyl sites for hydroxylation is 1. The molecular weight excluding hydrogens is 368 g/mol. The molecule has 1 heterocycles. The largest absolute Gasteiger partial charge is 0.462 e. The molecule has 1 N–H and O–H groups in total. The topological polar surface area (TPSA) is 68.3 Å². The summed E-state index contributed by atoms with van der Waals surface area (Å²) in [5, 5.41) is 3.12. The van der Waals surface area contributed by atoms with Gasteiger partial charge in [0.1, 0.15) is 4.88 Å². The number of rotatable bonds is 5. The minimum Gasteiger partial charge on any atom is -0.462 e. The Morgan fingerprint density at radius 2 is 2.00 bits per heavy atom. The van der Waals surface area contributed by atoms with Crippen LogP contribution in [0.3, 0.4) is 0 Å². The zero-order chi connectivity index (χ0) is 16.1. The molecule has 0 unspecified atom stereocenters. The number of thiazole rings is 1. The minimum atomic E-state index is -0.411. The van der Waals surface area contributed by atoms with Gasteiger partial charge in [0.2, 0.25) is 5.91 Å². The average molecular weight is 383 g/mol. The highest BCUT2D eigenvalue weighted by Crippen LogP contribution is 2.23. The van der Waals surface area contributed by atoms with Crippen LogP contribution in [0.15, 0.2) is 28.7 Å². The maximum Gasteiger partial charge on any atom is 0.350 e. The third-order valence-corrected chi connectivity index (χ3v) is 4.36. The van der Waals surface area contributed by atoms with Gasteiger partial charge in [0.05, 0.1) is 18.7 Å². The maximum absolute atomic E-state index is 12.0. The summed E-state index contributed by atoms with van der Waals surface area (Å²) in [6.45, 7) is 3.77. The second-order valence-corrected chi connectivity index (χ2v) is 6.42. The Hall–Kier alpha value is -1.73. The second kappa shape index (κ2) is 7.51. The van der Waals surface area contributed by atoms with Gasteiger partial charge in [-0.15, -0.1) is 0 Å². The number of hydrogen-bond acceptors (Lipinski definition) is 5. The van der Waals surface area contributed by atoms with Gasteiger partial charge in [-0.2, -0.15) is 0 Å². The molecule has 0 saturated carbocycles. The van der Waals surface area contributed by atoms with Gasteiger partial charge in [0, 0.05) is 4.47 Å². The SMILES string of the molecule is CCOC(=O)c1sc(NC(=O)Cc2ccc(Br)cc2)nc1C. The lowest BCUT2D eigenvalue weighted by Crippen LogP contribution is -2.14. The summed E-state index contributed by atoms with van der Waals surface area (Å²) in [5.41, 5.74) is 1.46. The Labute approximate surface area is 140 Å². The molecule has 0 bridgehead atoms. The molecule has 0 atom stereocenters. The predicted octanol–water partition coefficient (Wildman–Crippen LogP) is 3.57. The predicted molar refractivity (Wildman–Crippen MR) is 89.3 cm³/mol. The van der Waals surface area contributed by atoms with Crippen LogP contribution in [-0.4, -0.2) is 23.5 Å². The van der Waals surface area contributed by atoms with E-state index in [9.17, 15) is 9.59 Å². The lowest BCUT2D eigenvalue weighted by atomic mass is 10.1.